The molecule has 0 spiro atoms. The Hall–Kier alpha value is -1.50. The summed E-state index contributed by atoms with van der Waals surface area (Å²) < 4.78 is 1.52. The lowest BCUT2D eigenvalue weighted by molar-refractivity contribution is -0.0677. The second-order valence-electron chi connectivity index (χ2n) is 8.35. The van der Waals surface area contributed by atoms with Gasteiger partial charge in [0.15, 0.2) is 0 Å². The van der Waals surface area contributed by atoms with Crippen molar-refractivity contribution in [1.29, 1.82) is 0 Å². The number of hydrogen-bond acceptors (Lipinski definition) is 5. The van der Waals surface area contributed by atoms with Gasteiger partial charge in [0.2, 0.25) is 0 Å². The number of aromatic nitrogens is 2. The molecule has 26 heavy (non-hydrogen) atoms. The van der Waals surface area contributed by atoms with Crippen LogP contribution in [0.5, 0.6) is 0 Å². The van der Waals surface area contributed by atoms with Gasteiger partial charge in [-0.1, -0.05) is 0 Å². The van der Waals surface area contributed by atoms with Gasteiger partial charge in [0, 0.05) is 30.6 Å². The van der Waals surface area contributed by atoms with Crippen LogP contribution in [0, 0.1) is 0 Å². The van der Waals surface area contributed by atoms with E-state index < -0.39 is 5.60 Å². The maximum atomic E-state index is 12.3. The standard InChI is InChI=1S/C20H25N3O2S/c24-19-6-5-18(15-1-2-15)21-23(19)13-20(25)9-16-3-4-17(10-20)22(16)11-14-7-8-26-12-14/h5-8,12,15-17,25H,1-4,9-11,13H2/t16-,17-/m0/s1. The molecule has 5 rings (SSSR count). The third-order valence-electron chi connectivity index (χ3n) is 6.27. The summed E-state index contributed by atoms with van der Waals surface area (Å²) in [5.74, 6) is 0.514. The number of fused-ring (bicyclic) bond motifs is 2. The Morgan fingerprint density at radius 3 is 2.58 bits per heavy atom. The monoisotopic (exact) mass is 371 g/mol. The number of aliphatic hydroxyl groups is 1. The SMILES string of the molecule is O=c1ccc(C2CC2)nn1CC1(O)C[C@@H]2CC[C@@H](C1)N2Cc1ccsc1. The van der Waals surface area contributed by atoms with Crippen molar-refractivity contribution in [2.45, 2.75) is 75.2 Å². The summed E-state index contributed by atoms with van der Waals surface area (Å²) in [4.78, 5) is 14.8. The minimum absolute atomic E-state index is 0.101. The first-order valence-corrected chi connectivity index (χ1v) is 10.6. The highest BCUT2D eigenvalue weighted by atomic mass is 32.1. The molecule has 2 saturated heterocycles. The van der Waals surface area contributed by atoms with Crippen LogP contribution < -0.4 is 5.56 Å². The van der Waals surface area contributed by atoms with Crippen molar-refractivity contribution in [3.8, 4) is 0 Å². The maximum absolute atomic E-state index is 12.3. The molecule has 3 fully saturated rings. The molecule has 0 unspecified atom stereocenters. The van der Waals surface area contributed by atoms with Gasteiger partial charge in [-0.15, -0.1) is 0 Å². The van der Waals surface area contributed by atoms with Gasteiger partial charge in [0.1, 0.15) is 0 Å². The number of piperidine rings is 1. The lowest BCUT2D eigenvalue weighted by Crippen LogP contribution is -2.53. The molecule has 1 N–H and O–H groups in total. The molecule has 2 atom stereocenters. The largest absolute Gasteiger partial charge is 0.388 e. The van der Waals surface area contributed by atoms with Crippen LogP contribution in [-0.2, 0) is 13.1 Å². The molecule has 2 aliphatic heterocycles. The summed E-state index contributed by atoms with van der Waals surface area (Å²) in [6.45, 7) is 1.30. The topological polar surface area (TPSA) is 58.4 Å². The normalized spacial score (nSPS) is 31.4. The van der Waals surface area contributed by atoms with Crippen LogP contribution in [0.1, 0.15) is 55.7 Å². The summed E-state index contributed by atoms with van der Waals surface area (Å²) in [7, 11) is 0. The van der Waals surface area contributed by atoms with E-state index >= 15 is 0 Å². The molecule has 3 aliphatic rings. The molecule has 5 nitrogen and oxygen atoms in total. The van der Waals surface area contributed by atoms with Crippen LogP contribution in [0.4, 0.5) is 0 Å². The molecule has 2 aromatic rings. The molecular formula is C20H25N3O2S. The van der Waals surface area contributed by atoms with Crippen LogP contribution in [-0.4, -0.2) is 37.5 Å². The fourth-order valence-corrected chi connectivity index (χ4v) is 5.51. The zero-order valence-electron chi connectivity index (χ0n) is 14.9. The fraction of sp³-hybridized carbons (Fsp3) is 0.600. The molecule has 138 valence electrons. The van der Waals surface area contributed by atoms with Crippen LogP contribution in [0.3, 0.4) is 0 Å². The smallest absolute Gasteiger partial charge is 0.266 e. The van der Waals surface area contributed by atoms with Gasteiger partial charge in [-0.05, 0) is 67.0 Å². The molecule has 1 aliphatic carbocycles. The minimum atomic E-state index is -0.823. The predicted octanol–water partition coefficient (Wildman–Crippen LogP) is 2.74. The molecule has 0 radical (unpaired) electrons. The second-order valence-corrected chi connectivity index (χ2v) is 9.13. The third-order valence-corrected chi connectivity index (χ3v) is 7.01. The summed E-state index contributed by atoms with van der Waals surface area (Å²) in [6, 6.07) is 6.47. The minimum Gasteiger partial charge on any atom is -0.388 e. The quantitative estimate of drug-likeness (QED) is 0.878. The Morgan fingerprint density at radius 1 is 1.15 bits per heavy atom. The van der Waals surface area contributed by atoms with Gasteiger partial charge in [0.25, 0.3) is 5.56 Å². The zero-order valence-corrected chi connectivity index (χ0v) is 15.7. The van der Waals surface area contributed by atoms with Gasteiger partial charge < -0.3 is 5.11 Å². The maximum Gasteiger partial charge on any atom is 0.266 e. The zero-order chi connectivity index (χ0) is 17.7. The van der Waals surface area contributed by atoms with Crippen LogP contribution in [0.15, 0.2) is 33.8 Å². The number of hydrogen-bond donors (Lipinski definition) is 1. The lowest BCUT2D eigenvalue weighted by atomic mass is 9.85. The molecule has 2 aromatic heterocycles. The molecular weight excluding hydrogens is 346 g/mol. The average Bonchev–Trinajstić information content (AvgIpc) is 3.28. The Morgan fingerprint density at radius 2 is 1.92 bits per heavy atom. The van der Waals surface area contributed by atoms with Gasteiger partial charge in [-0.2, -0.15) is 16.4 Å². The van der Waals surface area contributed by atoms with Gasteiger partial charge >= 0.3 is 0 Å². The molecule has 4 heterocycles. The van der Waals surface area contributed by atoms with E-state index in [2.05, 4.69) is 26.8 Å². The Labute approximate surface area is 157 Å². The first kappa shape index (κ1) is 16.7. The predicted molar refractivity (Wildman–Crippen MR) is 101 cm³/mol. The van der Waals surface area contributed by atoms with Crippen molar-refractivity contribution < 1.29 is 5.11 Å². The summed E-state index contributed by atoms with van der Waals surface area (Å²) in [5, 5.41) is 20.2. The van der Waals surface area contributed by atoms with E-state index in [1.165, 1.54) is 10.2 Å². The first-order chi connectivity index (χ1) is 12.6. The van der Waals surface area contributed by atoms with Crippen molar-refractivity contribution >= 4 is 11.3 Å². The highest BCUT2D eigenvalue weighted by Crippen LogP contribution is 2.42. The van der Waals surface area contributed by atoms with Gasteiger partial charge in [-0.25, -0.2) is 4.68 Å². The molecule has 0 amide bonds. The number of nitrogens with zero attached hydrogens (tertiary/aromatic N) is 3. The van der Waals surface area contributed by atoms with Gasteiger partial charge in [-0.3, -0.25) is 9.69 Å². The Kier molecular flexibility index (Phi) is 4.03. The summed E-state index contributed by atoms with van der Waals surface area (Å²) in [6.07, 6.45) is 6.07. The molecule has 2 bridgehead atoms. The van der Waals surface area contributed by atoms with E-state index in [1.54, 1.807) is 17.4 Å². The second kappa shape index (κ2) is 6.29. The van der Waals surface area contributed by atoms with Crippen LogP contribution in [0.25, 0.3) is 0 Å². The number of thiophene rings is 1. The summed E-state index contributed by atoms with van der Waals surface area (Å²) >= 11 is 1.74. The van der Waals surface area contributed by atoms with Crippen molar-refractivity contribution in [2.24, 2.45) is 0 Å². The van der Waals surface area contributed by atoms with Crippen molar-refractivity contribution in [1.82, 2.24) is 14.7 Å². The van der Waals surface area contributed by atoms with E-state index in [-0.39, 0.29) is 5.56 Å². The average molecular weight is 372 g/mol. The van der Waals surface area contributed by atoms with E-state index in [0.717, 1.165) is 50.8 Å². The van der Waals surface area contributed by atoms with E-state index in [9.17, 15) is 9.90 Å². The van der Waals surface area contributed by atoms with Crippen LogP contribution in [0.2, 0.25) is 0 Å². The highest BCUT2D eigenvalue weighted by molar-refractivity contribution is 7.07. The van der Waals surface area contributed by atoms with E-state index in [1.807, 2.05) is 6.07 Å². The van der Waals surface area contributed by atoms with Gasteiger partial charge in [0.05, 0.1) is 17.8 Å². The first-order valence-electron chi connectivity index (χ1n) is 9.67. The Bertz CT molecular complexity index is 829. The van der Waals surface area contributed by atoms with Crippen molar-refractivity contribution in [2.75, 3.05) is 0 Å². The number of rotatable bonds is 5. The van der Waals surface area contributed by atoms with E-state index in [4.69, 9.17) is 0 Å². The lowest BCUT2D eigenvalue weighted by Gasteiger charge is -2.43. The molecule has 6 heteroatoms. The molecule has 0 aromatic carbocycles. The van der Waals surface area contributed by atoms with E-state index in [0.29, 0.717) is 24.5 Å². The third kappa shape index (κ3) is 3.15. The van der Waals surface area contributed by atoms with Crippen molar-refractivity contribution in [3.63, 3.8) is 0 Å². The van der Waals surface area contributed by atoms with Crippen LogP contribution >= 0.6 is 11.3 Å². The van der Waals surface area contributed by atoms with Crippen molar-refractivity contribution in [3.05, 3.63) is 50.6 Å². The highest BCUT2D eigenvalue weighted by Gasteiger charge is 2.47. The molecule has 1 saturated carbocycles. The fourth-order valence-electron chi connectivity index (χ4n) is 4.85. The Balaban J connectivity index is 1.33. The summed E-state index contributed by atoms with van der Waals surface area (Å²) in [5.41, 5.74) is 1.45.